The standard InChI is InChI=1S/C30H43NO5/c1-6-7-14-19-33-28-26(35-22-24-17-12-9-13-18-24)20-25(34-21-23-15-10-8-11-16-23)27(28)31(5)29(32)36-30(2,3)4/h8-13,15-18,25-28H,6-7,14,19-22H2,1-5H3/t25-,26+,27+,28+/m0/s1. The van der Waals surface area contributed by atoms with Crippen LogP contribution < -0.4 is 0 Å². The van der Waals surface area contributed by atoms with E-state index in [4.69, 9.17) is 18.9 Å². The summed E-state index contributed by atoms with van der Waals surface area (Å²) >= 11 is 0. The van der Waals surface area contributed by atoms with Crippen molar-refractivity contribution in [3.8, 4) is 0 Å². The molecule has 1 aliphatic carbocycles. The highest BCUT2D eigenvalue weighted by Crippen LogP contribution is 2.34. The van der Waals surface area contributed by atoms with Crippen LogP contribution in [0.15, 0.2) is 60.7 Å². The third kappa shape index (κ3) is 8.61. The first-order valence-corrected chi connectivity index (χ1v) is 13.2. The second kappa shape index (κ2) is 13.8. The minimum absolute atomic E-state index is 0.206. The maximum Gasteiger partial charge on any atom is 0.410 e. The highest BCUT2D eigenvalue weighted by Gasteiger charge is 2.49. The third-order valence-electron chi connectivity index (χ3n) is 6.35. The topological polar surface area (TPSA) is 57.2 Å². The van der Waals surface area contributed by atoms with Crippen molar-refractivity contribution in [3.63, 3.8) is 0 Å². The molecule has 1 saturated carbocycles. The highest BCUT2D eigenvalue weighted by molar-refractivity contribution is 5.68. The molecule has 0 heterocycles. The molecule has 0 unspecified atom stereocenters. The van der Waals surface area contributed by atoms with E-state index < -0.39 is 5.60 Å². The molecule has 3 rings (SSSR count). The smallest absolute Gasteiger partial charge is 0.410 e. The van der Waals surface area contributed by atoms with Gasteiger partial charge in [0.2, 0.25) is 0 Å². The zero-order chi connectivity index (χ0) is 26.0. The first-order valence-electron chi connectivity index (χ1n) is 13.2. The summed E-state index contributed by atoms with van der Waals surface area (Å²) in [6.45, 7) is 9.36. The van der Waals surface area contributed by atoms with Crippen molar-refractivity contribution in [2.75, 3.05) is 13.7 Å². The van der Waals surface area contributed by atoms with Gasteiger partial charge in [-0.15, -0.1) is 0 Å². The molecule has 1 fully saturated rings. The molecule has 0 N–H and O–H groups in total. The fourth-order valence-electron chi connectivity index (χ4n) is 4.52. The molecule has 6 heteroatoms. The molecule has 0 aromatic heterocycles. The van der Waals surface area contributed by atoms with E-state index in [1.807, 2.05) is 69.3 Å². The molecule has 6 nitrogen and oxygen atoms in total. The van der Waals surface area contributed by atoms with E-state index in [9.17, 15) is 4.79 Å². The van der Waals surface area contributed by atoms with Crippen LogP contribution in [0.4, 0.5) is 4.79 Å². The summed E-state index contributed by atoms with van der Waals surface area (Å²) in [6, 6.07) is 19.9. The van der Waals surface area contributed by atoms with Crippen molar-refractivity contribution in [3.05, 3.63) is 71.8 Å². The number of benzene rings is 2. The number of rotatable bonds is 12. The predicted molar refractivity (Wildman–Crippen MR) is 142 cm³/mol. The second-order valence-electron chi connectivity index (χ2n) is 10.5. The van der Waals surface area contributed by atoms with Crippen LogP contribution in [0, 0.1) is 0 Å². The lowest BCUT2D eigenvalue weighted by molar-refractivity contribution is -0.0903. The van der Waals surface area contributed by atoms with Crippen LogP contribution in [-0.2, 0) is 32.2 Å². The molecule has 0 aliphatic heterocycles. The molecule has 0 saturated heterocycles. The lowest BCUT2D eigenvalue weighted by Crippen LogP contribution is -2.51. The normalized spacial score (nSPS) is 21.9. The van der Waals surface area contributed by atoms with Gasteiger partial charge < -0.3 is 23.8 Å². The van der Waals surface area contributed by atoms with Gasteiger partial charge in [0.05, 0.1) is 31.5 Å². The summed E-state index contributed by atoms with van der Waals surface area (Å²) in [4.78, 5) is 14.8. The predicted octanol–water partition coefficient (Wildman–Crippen LogP) is 6.37. The lowest BCUT2D eigenvalue weighted by atomic mass is 10.1. The average Bonchev–Trinajstić information content (AvgIpc) is 3.21. The van der Waals surface area contributed by atoms with Crippen LogP contribution in [0.25, 0.3) is 0 Å². The van der Waals surface area contributed by atoms with Crippen molar-refractivity contribution in [2.45, 2.75) is 96.5 Å². The second-order valence-corrected chi connectivity index (χ2v) is 10.5. The van der Waals surface area contributed by atoms with Crippen LogP contribution in [0.1, 0.15) is 64.5 Å². The van der Waals surface area contributed by atoms with Gasteiger partial charge in [-0.2, -0.15) is 0 Å². The van der Waals surface area contributed by atoms with E-state index in [2.05, 4.69) is 19.1 Å². The van der Waals surface area contributed by atoms with Gasteiger partial charge in [0.15, 0.2) is 0 Å². The highest BCUT2D eigenvalue weighted by atomic mass is 16.6. The number of ether oxygens (including phenoxy) is 4. The number of carbonyl (C=O) groups is 1. The van der Waals surface area contributed by atoms with E-state index in [1.165, 1.54) is 0 Å². The lowest BCUT2D eigenvalue weighted by Gasteiger charge is -2.35. The van der Waals surface area contributed by atoms with Gasteiger partial charge in [0.25, 0.3) is 0 Å². The van der Waals surface area contributed by atoms with Gasteiger partial charge in [0, 0.05) is 20.1 Å². The third-order valence-corrected chi connectivity index (χ3v) is 6.35. The number of amides is 1. The van der Waals surface area contributed by atoms with E-state index >= 15 is 0 Å². The van der Waals surface area contributed by atoms with Gasteiger partial charge in [-0.1, -0.05) is 80.4 Å². The van der Waals surface area contributed by atoms with Crippen LogP contribution >= 0.6 is 0 Å². The summed E-state index contributed by atoms with van der Waals surface area (Å²) in [5.41, 5.74) is 1.60. The molecular formula is C30H43NO5. The van der Waals surface area contributed by atoms with Crippen molar-refractivity contribution in [1.29, 1.82) is 0 Å². The minimum Gasteiger partial charge on any atom is -0.444 e. The molecule has 1 aliphatic rings. The first-order chi connectivity index (χ1) is 17.3. The van der Waals surface area contributed by atoms with Crippen molar-refractivity contribution < 1.29 is 23.7 Å². The van der Waals surface area contributed by atoms with Gasteiger partial charge in [0.1, 0.15) is 11.7 Å². The summed E-state index contributed by atoms with van der Waals surface area (Å²) in [6.07, 6.45) is 2.67. The maximum atomic E-state index is 13.1. The molecule has 4 atom stereocenters. The van der Waals surface area contributed by atoms with Gasteiger partial charge in [-0.3, -0.25) is 0 Å². The molecule has 2 aromatic rings. The zero-order valence-electron chi connectivity index (χ0n) is 22.5. The summed E-state index contributed by atoms with van der Waals surface area (Å²) < 4.78 is 25.0. The Morgan fingerprint density at radius 3 is 1.94 bits per heavy atom. The van der Waals surface area contributed by atoms with Crippen LogP contribution in [0.5, 0.6) is 0 Å². The molecule has 0 bridgehead atoms. The number of carbonyl (C=O) groups excluding carboxylic acids is 1. The Bertz CT molecular complexity index is 899. The number of hydrogen-bond acceptors (Lipinski definition) is 5. The Morgan fingerprint density at radius 1 is 0.861 bits per heavy atom. The van der Waals surface area contributed by atoms with Gasteiger partial charge in [-0.25, -0.2) is 4.79 Å². The van der Waals surface area contributed by atoms with Gasteiger partial charge in [-0.05, 0) is 38.3 Å². The Balaban J connectivity index is 1.81. The molecule has 2 aromatic carbocycles. The average molecular weight is 498 g/mol. The zero-order valence-corrected chi connectivity index (χ0v) is 22.5. The van der Waals surface area contributed by atoms with Crippen molar-refractivity contribution in [2.24, 2.45) is 0 Å². The minimum atomic E-state index is -0.592. The Kier molecular flexibility index (Phi) is 10.8. The Morgan fingerprint density at radius 2 is 1.42 bits per heavy atom. The van der Waals surface area contributed by atoms with Gasteiger partial charge >= 0.3 is 6.09 Å². The van der Waals surface area contributed by atoms with Crippen molar-refractivity contribution in [1.82, 2.24) is 4.90 Å². The summed E-state index contributed by atoms with van der Waals surface area (Å²) in [5, 5.41) is 0. The van der Waals surface area contributed by atoms with E-state index in [0.29, 0.717) is 26.2 Å². The Labute approximate surface area is 216 Å². The fraction of sp³-hybridized carbons (Fsp3) is 0.567. The monoisotopic (exact) mass is 497 g/mol. The molecule has 36 heavy (non-hydrogen) atoms. The maximum absolute atomic E-state index is 13.1. The molecule has 0 radical (unpaired) electrons. The Hall–Kier alpha value is -2.41. The van der Waals surface area contributed by atoms with E-state index in [0.717, 1.165) is 30.4 Å². The number of hydrogen-bond donors (Lipinski definition) is 0. The van der Waals surface area contributed by atoms with E-state index in [1.54, 1.807) is 11.9 Å². The van der Waals surface area contributed by atoms with Crippen LogP contribution in [-0.4, -0.2) is 54.6 Å². The molecular weight excluding hydrogens is 454 g/mol. The molecule has 198 valence electrons. The largest absolute Gasteiger partial charge is 0.444 e. The SMILES string of the molecule is CCCCCO[C@H]1[C@H](N(C)C(=O)OC(C)(C)C)[C@@H](OCc2ccccc2)C[C@H]1OCc1ccccc1. The molecule has 0 spiro atoms. The quantitative estimate of drug-likeness (QED) is 0.319. The van der Waals surface area contributed by atoms with E-state index in [-0.39, 0.29) is 30.4 Å². The van der Waals surface area contributed by atoms with Crippen LogP contribution in [0.2, 0.25) is 0 Å². The van der Waals surface area contributed by atoms with Crippen molar-refractivity contribution >= 4 is 6.09 Å². The number of nitrogens with zero attached hydrogens (tertiary/aromatic N) is 1. The first kappa shape index (κ1) is 28.2. The molecule has 1 amide bonds. The fourth-order valence-corrected chi connectivity index (χ4v) is 4.52. The summed E-state index contributed by atoms with van der Waals surface area (Å²) in [5.74, 6) is 0. The summed E-state index contributed by atoms with van der Waals surface area (Å²) in [7, 11) is 1.78. The number of unbranched alkanes of at least 4 members (excludes halogenated alkanes) is 2. The van der Waals surface area contributed by atoms with Crippen LogP contribution in [0.3, 0.4) is 0 Å². The number of likely N-dealkylation sites (N-methyl/N-ethyl adjacent to an activating group) is 1.